The van der Waals surface area contributed by atoms with Crippen LogP contribution in [0.5, 0.6) is 0 Å². The van der Waals surface area contributed by atoms with Crippen LogP contribution in [-0.2, 0) is 14.3 Å². The van der Waals surface area contributed by atoms with Gasteiger partial charge in [-0.25, -0.2) is 0 Å². The third-order valence-corrected chi connectivity index (χ3v) is 2.45. The number of amides is 1. The van der Waals surface area contributed by atoms with Crippen LogP contribution in [0.25, 0.3) is 0 Å². The Bertz CT molecular complexity index is 288. The number of hydrogen-bond acceptors (Lipinski definition) is 5. The van der Waals surface area contributed by atoms with Crippen molar-refractivity contribution in [2.75, 3.05) is 0 Å². The van der Waals surface area contributed by atoms with Gasteiger partial charge < -0.3 is 10.5 Å². The van der Waals surface area contributed by atoms with Crippen LogP contribution in [0.1, 0.15) is 20.3 Å². The number of hydrogen-bond donors (Lipinski definition) is 1. The van der Waals surface area contributed by atoms with E-state index in [0.29, 0.717) is 0 Å². The van der Waals surface area contributed by atoms with E-state index in [1.807, 2.05) is 0 Å². The zero-order chi connectivity index (χ0) is 10.7. The van der Waals surface area contributed by atoms with E-state index in [2.05, 4.69) is 4.99 Å². The van der Waals surface area contributed by atoms with E-state index >= 15 is 0 Å². The van der Waals surface area contributed by atoms with Gasteiger partial charge in [-0.3, -0.25) is 9.59 Å². The fraction of sp³-hybridized carbons (Fsp3) is 0.625. The van der Waals surface area contributed by atoms with Crippen molar-refractivity contribution >= 4 is 28.8 Å². The van der Waals surface area contributed by atoms with E-state index in [4.69, 9.17) is 10.5 Å². The number of nitrogens with two attached hydrogens (primary N) is 1. The van der Waals surface area contributed by atoms with Crippen LogP contribution in [0.4, 0.5) is 0 Å². The van der Waals surface area contributed by atoms with Crippen molar-refractivity contribution in [1.82, 2.24) is 0 Å². The quantitative estimate of drug-likeness (QED) is 0.671. The van der Waals surface area contributed by atoms with Gasteiger partial charge >= 0.3 is 5.97 Å². The van der Waals surface area contributed by atoms with Gasteiger partial charge in [-0.05, 0) is 13.8 Å². The van der Waals surface area contributed by atoms with Gasteiger partial charge in [-0.1, -0.05) is 11.8 Å². The summed E-state index contributed by atoms with van der Waals surface area (Å²) in [6.45, 7) is 3.51. The molecule has 0 aromatic rings. The van der Waals surface area contributed by atoms with Gasteiger partial charge in [0.2, 0.25) is 5.91 Å². The average Bonchev–Trinajstić information content (AvgIpc) is 2.00. The van der Waals surface area contributed by atoms with Crippen molar-refractivity contribution in [2.45, 2.75) is 31.6 Å². The molecule has 0 saturated carbocycles. The number of ether oxygens (including phenoxy) is 1. The maximum Gasteiger partial charge on any atom is 0.320 e. The minimum atomic E-state index is -0.539. The average molecular weight is 216 g/mol. The van der Waals surface area contributed by atoms with Crippen molar-refractivity contribution in [3.05, 3.63) is 0 Å². The van der Waals surface area contributed by atoms with E-state index in [-0.39, 0.29) is 23.6 Å². The first-order valence-corrected chi connectivity index (χ1v) is 5.11. The van der Waals surface area contributed by atoms with Gasteiger partial charge in [-0.2, -0.15) is 4.99 Å². The van der Waals surface area contributed by atoms with Crippen molar-refractivity contribution in [3.63, 3.8) is 0 Å². The molecule has 0 aromatic carbocycles. The lowest BCUT2D eigenvalue weighted by Crippen LogP contribution is -2.31. The fourth-order valence-corrected chi connectivity index (χ4v) is 1.80. The van der Waals surface area contributed by atoms with Crippen LogP contribution < -0.4 is 5.73 Å². The molecule has 0 bridgehead atoms. The second-order valence-electron chi connectivity index (χ2n) is 3.14. The molecule has 0 aliphatic carbocycles. The molecule has 0 aromatic heterocycles. The molecule has 0 fully saturated rings. The highest BCUT2D eigenvalue weighted by molar-refractivity contribution is 8.15. The van der Waals surface area contributed by atoms with Crippen molar-refractivity contribution in [2.24, 2.45) is 10.7 Å². The number of nitrogens with zero attached hydrogens (tertiary/aromatic N) is 1. The topological polar surface area (TPSA) is 81.8 Å². The van der Waals surface area contributed by atoms with Gasteiger partial charge in [-0.15, -0.1) is 0 Å². The molecule has 6 heteroatoms. The van der Waals surface area contributed by atoms with Gasteiger partial charge in [0.05, 0.1) is 12.5 Å². The van der Waals surface area contributed by atoms with Gasteiger partial charge in [0, 0.05) is 0 Å². The molecule has 1 atom stereocenters. The molecule has 2 N–H and O–H groups in total. The molecular formula is C8H12N2O3S. The van der Waals surface area contributed by atoms with Crippen molar-refractivity contribution < 1.29 is 14.3 Å². The van der Waals surface area contributed by atoms with Gasteiger partial charge in [0.1, 0.15) is 5.25 Å². The molecule has 1 aliphatic heterocycles. The summed E-state index contributed by atoms with van der Waals surface area (Å²) in [5.41, 5.74) is 5.37. The molecule has 5 nitrogen and oxygen atoms in total. The van der Waals surface area contributed by atoms with Crippen molar-refractivity contribution in [1.29, 1.82) is 0 Å². The Morgan fingerprint density at radius 2 is 2.36 bits per heavy atom. The molecule has 78 valence electrons. The second kappa shape index (κ2) is 4.45. The molecule has 1 aliphatic rings. The van der Waals surface area contributed by atoms with E-state index in [1.54, 1.807) is 13.8 Å². The van der Waals surface area contributed by atoms with Crippen LogP contribution >= 0.6 is 11.8 Å². The third kappa shape index (κ3) is 3.02. The number of carbonyl (C=O) groups excluding carboxylic acids is 2. The van der Waals surface area contributed by atoms with Gasteiger partial charge in [0.15, 0.2) is 5.17 Å². The number of rotatable bonds is 2. The first kappa shape index (κ1) is 11.0. The van der Waals surface area contributed by atoms with E-state index in [9.17, 15) is 9.59 Å². The zero-order valence-electron chi connectivity index (χ0n) is 8.02. The Balaban J connectivity index is 2.58. The highest BCUT2D eigenvalue weighted by Gasteiger charge is 2.29. The first-order valence-electron chi connectivity index (χ1n) is 4.23. The Labute approximate surface area is 86.1 Å². The third-order valence-electron chi connectivity index (χ3n) is 1.47. The van der Waals surface area contributed by atoms with Gasteiger partial charge in [0.25, 0.3) is 0 Å². The fourth-order valence-electron chi connectivity index (χ4n) is 0.981. The summed E-state index contributed by atoms with van der Waals surface area (Å²) in [6.07, 6.45) is -0.116. The summed E-state index contributed by atoms with van der Waals surface area (Å²) in [5, 5.41) is -0.408. The summed E-state index contributed by atoms with van der Waals surface area (Å²) in [5.74, 6) is -0.775. The SMILES string of the molecule is CC(C)OC(=O)C1CC(=O)N=C(N)S1. The minimum Gasteiger partial charge on any atom is -0.462 e. The number of esters is 1. The zero-order valence-corrected chi connectivity index (χ0v) is 8.84. The maximum absolute atomic E-state index is 11.4. The largest absolute Gasteiger partial charge is 0.462 e. The Hall–Kier alpha value is -1.04. The molecule has 0 saturated heterocycles. The highest BCUT2D eigenvalue weighted by Crippen LogP contribution is 2.21. The summed E-state index contributed by atoms with van der Waals surface area (Å²) in [6, 6.07) is 0. The van der Waals surface area contributed by atoms with E-state index in [0.717, 1.165) is 11.8 Å². The van der Waals surface area contributed by atoms with Crippen LogP contribution in [0, 0.1) is 0 Å². The lowest BCUT2D eigenvalue weighted by Gasteiger charge is -2.18. The summed E-state index contributed by atoms with van der Waals surface area (Å²) in [4.78, 5) is 25.9. The number of carbonyl (C=O) groups is 2. The van der Waals surface area contributed by atoms with Crippen LogP contribution in [0.2, 0.25) is 0 Å². The molecule has 1 unspecified atom stereocenters. The molecule has 1 heterocycles. The maximum atomic E-state index is 11.4. The lowest BCUT2D eigenvalue weighted by atomic mass is 10.3. The number of aliphatic imine (C=N–C) groups is 1. The molecule has 1 amide bonds. The summed E-state index contributed by atoms with van der Waals surface area (Å²) < 4.78 is 4.96. The molecule has 1 rings (SSSR count). The highest BCUT2D eigenvalue weighted by atomic mass is 32.2. The number of thioether (sulfide) groups is 1. The minimum absolute atomic E-state index is 0.0664. The van der Waals surface area contributed by atoms with Crippen LogP contribution in [0.3, 0.4) is 0 Å². The smallest absolute Gasteiger partial charge is 0.320 e. The predicted octanol–water partition coefficient (Wildman–Crippen LogP) is 0.285. The Morgan fingerprint density at radius 3 is 2.86 bits per heavy atom. The monoisotopic (exact) mass is 216 g/mol. The molecule has 14 heavy (non-hydrogen) atoms. The first-order chi connectivity index (χ1) is 6.49. The molecule has 0 radical (unpaired) electrons. The summed E-state index contributed by atoms with van der Waals surface area (Å²) in [7, 11) is 0. The molecule has 0 spiro atoms. The van der Waals surface area contributed by atoms with Crippen LogP contribution in [-0.4, -0.2) is 28.4 Å². The predicted molar refractivity (Wildman–Crippen MR) is 53.9 cm³/mol. The van der Waals surface area contributed by atoms with E-state index < -0.39 is 11.2 Å². The lowest BCUT2D eigenvalue weighted by molar-refractivity contribution is -0.147. The van der Waals surface area contributed by atoms with Crippen LogP contribution in [0.15, 0.2) is 4.99 Å². The Morgan fingerprint density at radius 1 is 1.71 bits per heavy atom. The van der Waals surface area contributed by atoms with Crippen molar-refractivity contribution in [3.8, 4) is 0 Å². The van der Waals surface area contributed by atoms with E-state index in [1.165, 1.54) is 0 Å². The molecular weight excluding hydrogens is 204 g/mol. The standard InChI is InChI=1S/C8H12N2O3S/c1-4(2)13-7(12)5-3-6(11)10-8(9)14-5/h4-5H,3H2,1-2H3,(H2,9,10,11). The number of amidine groups is 1. The summed E-state index contributed by atoms with van der Waals surface area (Å²) >= 11 is 1.07. The second-order valence-corrected chi connectivity index (χ2v) is 4.36. The Kier molecular flexibility index (Phi) is 3.51. The normalized spacial score (nSPS) is 22.1.